The highest BCUT2D eigenvalue weighted by atomic mass is 35.5. The molecule has 0 unspecified atom stereocenters. The highest BCUT2D eigenvalue weighted by Crippen LogP contribution is 2.18. The molecule has 0 aliphatic rings. The minimum Gasteiger partial charge on any atom is -0.358 e. The predicted molar refractivity (Wildman–Crippen MR) is 87.2 cm³/mol. The van der Waals surface area contributed by atoms with Crippen molar-refractivity contribution in [2.75, 3.05) is 5.32 Å². The zero-order chi connectivity index (χ0) is 14.7. The maximum Gasteiger partial charge on any atom is 0.171 e. The third-order valence-electron chi connectivity index (χ3n) is 3.11. The van der Waals surface area contributed by atoms with E-state index in [9.17, 15) is 0 Å². The van der Waals surface area contributed by atoms with Gasteiger partial charge in [0.15, 0.2) is 5.11 Å². The molecule has 4 nitrogen and oxygen atoms in total. The monoisotopic (exact) mass is 308 g/mol. The molecule has 0 fully saturated rings. The van der Waals surface area contributed by atoms with E-state index < -0.39 is 0 Å². The van der Waals surface area contributed by atoms with Crippen molar-refractivity contribution in [3.8, 4) is 0 Å². The minimum absolute atomic E-state index is 0.583. The first-order valence-corrected chi connectivity index (χ1v) is 7.05. The molecule has 2 aromatic rings. The van der Waals surface area contributed by atoms with Gasteiger partial charge < -0.3 is 10.6 Å². The number of aromatic nitrogens is 2. The number of rotatable bonds is 3. The number of benzene rings is 1. The molecule has 0 spiro atoms. The molecule has 6 heteroatoms. The minimum atomic E-state index is 0.583. The Hall–Kier alpha value is -1.59. The molecule has 2 N–H and O–H groups in total. The highest BCUT2D eigenvalue weighted by molar-refractivity contribution is 7.80. The van der Waals surface area contributed by atoms with Crippen molar-refractivity contribution in [2.45, 2.75) is 20.4 Å². The summed E-state index contributed by atoms with van der Waals surface area (Å²) in [5.41, 5.74) is 4.07. The highest BCUT2D eigenvalue weighted by Gasteiger charge is 2.10. The summed E-state index contributed by atoms with van der Waals surface area (Å²) in [6.45, 7) is 4.61. The second-order valence-electron chi connectivity index (χ2n) is 4.60. The van der Waals surface area contributed by atoms with Crippen molar-refractivity contribution >= 4 is 34.6 Å². The second-order valence-corrected chi connectivity index (χ2v) is 5.45. The van der Waals surface area contributed by atoms with Crippen molar-refractivity contribution in [3.63, 3.8) is 0 Å². The van der Waals surface area contributed by atoms with Crippen LogP contribution in [-0.4, -0.2) is 14.9 Å². The first-order valence-electron chi connectivity index (χ1n) is 6.27. The lowest BCUT2D eigenvalue weighted by atomic mass is 10.2. The summed E-state index contributed by atoms with van der Waals surface area (Å²) in [7, 11) is 1.91. The molecular formula is C14H17ClN4S. The maximum absolute atomic E-state index is 5.85. The molecule has 0 amide bonds. The first-order chi connectivity index (χ1) is 9.47. The van der Waals surface area contributed by atoms with Crippen LogP contribution in [0.5, 0.6) is 0 Å². The van der Waals surface area contributed by atoms with Crippen LogP contribution < -0.4 is 10.6 Å². The molecule has 0 saturated carbocycles. The normalized spacial score (nSPS) is 10.4. The fourth-order valence-electron chi connectivity index (χ4n) is 1.90. The zero-order valence-electron chi connectivity index (χ0n) is 11.7. The van der Waals surface area contributed by atoms with Gasteiger partial charge in [-0.3, -0.25) is 4.68 Å². The summed E-state index contributed by atoms with van der Waals surface area (Å²) in [6, 6.07) is 7.67. The van der Waals surface area contributed by atoms with Crippen molar-refractivity contribution in [1.29, 1.82) is 0 Å². The summed E-state index contributed by atoms with van der Waals surface area (Å²) in [5.74, 6) is 0. The van der Waals surface area contributed by atoms with Crippen molar-refractivity contribution < 1.29 is 0 Å². The summed E-state index contributed by atoms with van der Waals surface area (Å²) >= 11 is 11.2. The number of aryl methyl sites for hydroxylation is 2. The van der Waals surface area contributed by atoms with E-state index in [1.165, 1.54) is 0 Å². The molecular weight excluding hydrogens is 292 g/mol. The predicted octanol–water partition coefficient (Wildman–Crippen LogP) is 3.18. The SMILES string of the molecule is Cc1nn(C)c(C)c1NC(=S)NCc1ccc(Cl)cc1. The van der Waals surface area contributed by atoms with E-state index in [4.69, 9.17) is 23.8 Å². The smallest absolute Gasteiger partial charge is 0.171 e. The fourth-order valence-corrected chi connectivity index (χ4v) is 2.20. The number of hydrogen-bond donors (Lipinski definition) is 2. The van der Waals surface area contributed by atoms with E-state index >= 15 is 0 Å². The Morgan fingerprint density at radius 2 is 1.95 bits per heavy atom. The van der Waals surface area contributed by atoms with E-state index in [-0.39, 0.29) is 0 Å². The van der Waals surface area contributed by atoms with Gasteiger partial charge in [-0.2, -0.15) is 5.10 Å². The molecule has 1 aromatic carbocycles. The van der Waals surface area contributed by atoms with E-state index in [0.717, 1.165) is 27.7 Å². The number of anilines is 1. The maximum atomic E-state index is 5.85. The lowest BCUT2D eigenvalue weighted by molar-refractivity contribution is 0.731. The molecule has 0 bridgehead atoms. The van der Waals surface area contributed by atoms with Crippen LogP contribution in [0.1, 0.15) is 17.0 Å². The zero-order valence-corrected chi connectivity index (χ0v) is 13.3. The Morgan fingerprint density at radius 3 is 2.50 bits per heavy atom. The quantitative estimate of drug-likeness (QED) is 0.855. The van der Waals surface area contributed by atoms with Gasteiger partial charge in [0.2, 0.25) is 0 Å². The largest absolute Gasteiger partial charge is 0.358 e. The van der Waals surface area contributed by atoms with Crippen molar-refractivity contribution in [1.82, 2.24) is 15.1 Å². The Labute approximate surface area is 129 Å². The Bertz CT molecular complexity index is 619. The Morgan fingerprint density at radius 1 is 1.30 bits per heavy atom. The third kappa shape index (κ3) is 3.49. The average Bonchev–Trinajstić information content (AvgIpc) is 2.65. The molecule has 20 heavy (non-hydrogen) atoms. The van der Waals surface area contributed by atoms with Gasteiger partial charge in [0.1, 0.15) is 0 Å². The molecule has 0 saturated heterocycles. The van der Waals surface area contributed by atoms with Crippen LogP contribution in [0.15, 0.2) is 24.3 Å². The fraction of sp³-hybridized carbons (Fsp3) is 0.286. The van der Waals surface area contributed by atoms with Crippen LogP contribution in [0.3, 0.4) is 0 Å². The number of halogens is 1. The van der Waals surface area contributed by atoms with Crippen molar-refractivity contribution in [3.05, 3.63) is 46.2 Å². The van der Waals surface area contributed by atoms with Crippen LogP contribution in [-0.2, 0) is 13.6 Å². The van der Waals surface area contributed by atoms with Crippen LogP contribution in [0, 0.1) is 13.8 Å². The van der Waals surface area contributed by atoms with Crippen molar-refractivity contribution in [2.24, 2.45) is 7.05 Å². The van der Waals surface area contributed by atoms with Gasteiger partial charge in [0.05, 0.1) is 17.1 Å². The average molecular weight is 309 g/mol. The second kappa shape index (κ2) is 6.24. The summed E-state index contributed by atoms with van der Waals surface area (Å²) in [4.78, 5) is 0. The molecule has 106 valence electrons. The first kappa shape index (κ1) is 14.8. The van der Waals surface area contributed by atoms with E-state index in [1.54, 1.807) is 0 Å². The van der Waals surface area contributed by atoms with Crippen LogP contribution in [0.25, 0.3) is 0 Å². The summed E-state index contributed by atoms with van der Waals surface area (Å²) < 4.78 is 1.83. The lowest BCUT2D eigenvalue weighted by Crippen LogP contribution is -2.28. The van der Waals surface area contributed by atoms with E-state index in [0.29, 0.717) is 11.7 Å². The van der Waals surface area contributed by atoms with Crippen LogP contribution in [0.4, 0.5) is 5.69 Å². The number of hydrogen-bond acceptors (Lipinski definition) is 2. The molecule has 0 aliphatic carbocycles. The Kier molecular flexibility index (Phi) is 4.62. The van der Waals surface area contributed by atoms with Gasteiger partial charge in [0, 0.05) is 18.6 Å². The number of thiocarbonyl (C=S) groups is 1. The van der Waals surface area contributed by atoms with Gasteiger partial charge >= 0.3 is 0 Å². The standard InChI is InChI=1S/C14H17ClN4S/c1-9-13(10(2)19(3)18-9)17-14(20)16-8-11-4-6-12(15)7-5-11/h4-7H,8H2,1-3H3,(H2,16,17,20). The van der Waals surface area contributed by atoms with Gasteiger partial charge in [-0.1, -0.05) is 23.7 Å². The van der Waals surface area contributed by atoms with Gasteiger partial charge in [-0.05, 0) is 43.8 Å². The lowest BCUT2D eigenvalue weighted by Gasteiger charge is -2.11. The summed E-state index contributed by atoms with van der Waals surface area (Å²) in [6.07, 6.45) is 0. The van der Waals surface area contributed by atoms with E-state index in [2.05, 4.69) is 15.7 Å². The topological polar surface area (TPSA) is 41.9 Å². The molecule has 0 radical (unpaired) electrons. The molecule has 1 heterocycles. The molecule has 1 aromatic heterocycles. The van der Waals surface area contributed by atoms with Gasteiger partial charge in [0.25, 0.3) is 0 Å². The molecule has 2 rings (SSSR count). The third-order valence-corrected chi connectivity index (χ3v) is 3.61. The number of nitrogens with zero attached hydrogens (tertiary/aromatic N) is 2. The van der Waals surface area contributed by atoms with E-state index in [1.807, 2.05) is 49.8 Å². The van der Waals surface area contributed by atoms with Gasteiger partial charge in [-0.25, -0.2) is 0 Å². The van der Waals surface area contributed by atoms with Crippen LogP contribution in [0.2, 0.25) is 5.02 Å². The van der Waals surface area contributed by atoms with Gasteiger partial charge in [-0.15, -0.1) is 0 Å². The molecule has 0 atom stereocenters. The number of nitrogens with one attached hydrogen (secondary N) is 2. The summed E-state index contributed by atoms with van der Waals surface area (Å²) in [5, 5.41) is 12.0. The van der Waals surface area contributed by atoms with Crippen LogP contribution >= 0.6 is 23.8 Å². The molecule has 0 aliphatic heterocycles. The Balaban J connectivity index is 1.94.